The Morgan fingerprint density at radius 1 is 1.14 bits per heavy atom. The lowest BCUT2D eigenvalue weighted by Crippen LogP contribution is -1.96. The second-order valence-electron chi connectivity index (χ2n) is 4.73. The van der Waals surface area contributed by atoms with Gasteiger partial charge in [-0.1, -0.05) is 62.5 Å². The maximum absolute atomic E-state index is 6.30. The molecule has 2 aromatic carbocycles. The van der Waals surface area contributed by atoms with Gasteiger partial charge in [-0.25, -0.2) is 0 Å². The number of halogens is 3. The third kappa shape index (κ3) is 3.24. The van der Waals surface area contributed by atoms with Crippen LogP contribution in [0.15, 0.2) is 40.9 Å². The summed E-state index contributed by atoms with van der Waals surface area (Å²) in [6, 6.07) is 11.1. The van der Waals surface area contributed by atoms with Crippen molar-refractivity contribution in [3.05, 3.63) is 57.7 Å². The van der Waals surface area contributed by atoms with Crippen molar-refractivity contribution in [2.24, 2.45) is 0 Å². The zero-order valence-corrected chi connectivity index (χ0v) is 14.6. The predicted molar refractivity (Wildman–Crippen MR) is 92.3 cm³/mol. The van der Waals surface area contributed by atoms with Crippen molar-refractivity contribution in [2.75, 3.05) is 5.33 Å². The van der Waals surface area contributed by atoms with E-state index < -0.39 is 0 Å². The Hall–Kier alpha value is -1.23. The van der Waals surface area contributed by atoms with Gasteiger partial charge in [0.15, 0.2) is 5.58 Å². The lowest BCUT2D eigenvalue weighted by molar-refractivity contribution is 0.306. The molecule has 3 nitrogen and oxygen atoms in total. The normalized spacial score (nSPS) is 11.0. The van der Waals surface area contributed by atoms with Crippen LogP contribution in [-0.2, 0) is 13.0 Å². The fourth-order valence-corrected chi connectivity index (χ4v) is 2.92. The van der Waals surface area contributed by atoms with E-state index in [0.29, 0.717) is 28.0 Å². The monoisotopic (exact) mass is 399 g/mol. The third-order valence-electron chi connectivity index (χ3n) is 3.27. The van der Waals surface area contributed by atoms with Crippen LogP contribution in [0.4, 0.5) is 0 Å². The second-order valence-corrected chi connectivity index (χ2v) is 6.33. The molecule has 114 valence electrons. The van der Waals surface area contributed by atoms with Gasteiger partial charge >= 0.3 is 0 Å². The highest BCUT2D eigenvalue weighted by Crippen LogP contribution is 2.33. The second kappa shape index (κ2) is 6.90. The molecule has 0 saturated heterocycles. The largest absolute Gasteiger partial charge is 0.487 e. The van der Waals surface area contributed by atoms with E-state index in [-0.39, 0.29) is 0 Å². The van der Waals surface area contributed by atoms with E-state index in [1.54, 1.807) is 6.07 Å². The van der Waals surface area contributed by atoms with Gasteiger partial charge in [-0.3, -0.25) is 0 Å². The zero-order chi connectivity index (χ0) is 15.5. The first-order valence-corrected chi connectivity index (χ1v) is 8.56. The molecular weight excluding hydrogens is 389 g/mol. The molecule has 0 radical (unpaired) electrons. The average molecular weight is 401 g/mol. The minimum atomic E-state index is 0.341. The average Bonchev–Trinajstić information content (AvgIpc) is 2.89. The minimum absolute atomic E-state index is 0.341. The van der Waals surface area contributed by atoms with Crippen LogP contribution in [0.2, 0.25) is 10.0 Å². The molecule has 0 fully saturated rings. The quantitative estimate of drug-likeness (QED) is 0.519. The van der Waals surface area contributed by atoms with E-state index in [1.807, 2.05) is 30.3 Å². The summed E-state index contributed by atoms with van der Waals surface area (Å²) in [5.74, 6) is 0.552. The van der Waals surface area contributed by atoms with Gasteiger partial charge in [0.2, 0.25) is 0 Å². The molecule has 1 aromatic heterocycles. The first-order chi connectivity index (χ1) is 10.7. The van der Waals surface area contributed by atoms with Crippen LogP contribution in [0.25, 0.3) is 11.0 Å². The molecule has 22 heavy (non-hydrogen) atoms. The lowest BCUT2D eigenvalue weighted by Gasteiger charge is -2.09. The molecule has 0 unspecified atom stereocenters. The van der Waals surface area contributed by atoms with E-state index in [9.17, 15) is 0 Å². The van der Waals surface area contributed by atoms with Gasteiger partial charge in [0.25, 0.3) is 0 Å². The van der Waals surface area contributed by atoms with Gasteiger partial charge < -0.3 is 9.26 Å². The number of rotatable bonds is 5. The van der Waals surface area contributed by atoms with Gasteiger partial charge in [-0.05, 0) is 12.1 Å². The molecule has 0 aliphatic carbocycles. The van der Waals surface area contributed by atoms with Gasteiger partial charge in [0.05, 0.1) is 10.7 Å². The van der Waals surface area contributed by atoms with Crippen molar-refractivity contribution in [3.8, 4) is 5.75 Å². The highest BCUT2D eigenvalue weighted by molar-refractivity contribution is 9.09. The summed E-state index contributed by atoms with van der Waals surface area (Å²) in [5.41, 5.74) is 2.44. The summed E-state index contributed by atoms with van der Waals surface area (Å²) in [7, 11) is 0. The zero-order valence-electron chi connectivity index (χ0n) is 11.5. The minimum Gasteiger partial charge on any atom is -0.487 e. The van der Waals surface area contributed by atoms with Crippen molar-refractivity contribution in [2.45, 2.75) is 13.0 Å². The van der Waals surface area contributed by atoms with E-state index in [4.69, 9.17) is 32.5 Å². The number of hydrogen-bond donors (Lipinski definition) is 0. The van der Waals surface area contributed by atoms with Crippen LogP contribution >= 0.6 is 39.1 Å². The van der Waals surface area contributed by atoms with E-state index in [2.05, 4.69) is 21.1 Å². The van der Waals surface area contributed by atoms with Crippen LogP contribution < -0.4 is 4.74 Å². The molecule has 0 atom stereocenters. The number of aryl methyl sites for hydroxylation is 1. The molecule has 0 aliphatic heterocycles. The Balaban J connectivity index is 1.85. The molecule has 0 amide bonds. The highest BCUT2D eigenvalue weighted by atomic mass is 79.9. The molecule has 0 N–H and O–H groups in total. The van der Waals surface area contributed by atoms with Gasteiger partial charge in [-0.2, -0.15) is 0 Å². The van der Waals surface area contributed by atoms with Crippen molar-refractivity contribution in [1.29, 1.82) is 0 Å². The Bertz CT molecular complexity index is 804. The Labute approximate surface area is 146 Å². The number of nitrogens with zero attached hydrogens (tertiary/aromatic N) is 1. The molecule has 0 bridgehead atoms. The summed E-state index contributed by atoms with van der Waals surface area (Å²) >= 11 is 15.8. The first kappa shape index (κ1) is 15.7. The fraction of sp³-hybridized carbons (Fsp3) is 0.188. The molecular formula is C16H12BrCl2NO2. The lowest BCUT2D eigenvalue weighted by atomic mass is 10.2. The number of aromatic nitrogens is 1. The predicted octanol–water partition coefficient (Wildman–Crippen LogP) is 5.65. The Kier molecular flexibility index (Phi) is 4.91. The van der Waals surface area contributed by atoms with Crippen molar-refractivity contribution < 1.29 is 9.26 Å². The van der Waals surface area contributed by atoms with E-state index in [1.165, 1.54) is 0 Å². The molecule has 0 spiro atoms. The summed E-state index contributed by atoms with van der Waals surface area (Å²) in [5, 5.41) is 6.98. The van der Waals surface area contributed by atoms with E-state index in [0.717, 1.165) is 28.4 Å². The number of alkyl halides is 1. The summed E-state index contributed by atoms with van der Waals surface area (Å²) in [6.45, 7) is 0.341. The van der Waals surface area contributed by atoms with Gasteiger partial charge in [0, 0.05) is 33.8 Å². The summed E-state index contributed by atoms with van der Waals surface area (Å²) in [4.78, 5) is 0. The topological polar surface area (TPSA) is 35.3 Å². The highest BCUT2D eigenvalue weighted by Gasteiger charge is 2.13. The van der Waals surface area contributed by atoms with Crippen LogP contribution in [0.3, 0.4) is 0 Å². The molecule has 3 aromatic rings. The third-order valence-corrected chi connectivity index (χ3v) is 4.33. The number of fused-ring (bicyclic) bond motifs is 1. The smallest absolute Gasteiger partial charge is 0.170 e. The van der Waals surface area contributed by atoms with Crippen LogP contribution in [0, 0.1) is 0 Å². The van der Waals surface area contributed by atoms with E-state index >= 15 is 0 Å². The summed E-state index contributed by atoms with van der Waals surface area (Å²) in [6.07, 6.45) is 0.781. The van der Waals surface area contributed by atoms with Crippen LogP contribution in [0.1, 0.15) is 11.3 Å². The van der Waals surface area contributed by atoms with Gasteiger partial charge in [0.1, 0.15) is 12.4 Å². The van der Waals surface area contributed by atoms with Crippen molar-refractivity contribution in [1.82, 2.24) is 5.16 Å². The molecule has 3 rings (SSSR count). The SMILES string of the molecule is Clc1ccccc1COc1cc2onc(CCBr)c2cc1Cl. The number of ether oxygens (including phenoxy) is 1. The number of hydrogen-bond acceptors (Lipinski definition) is 3. The maximum Gasteiger partial charge on any atom is 0.170 e. The van der Waals surface area contributed by atoms with Gasteiger partial charge in [-0.15, -0.1) is 0 Å². The number of benzene rings is 2. The van der Waals surface area contributed by atoms with Crippen molar-refractivity contribution in [3.63, 3.8) is 0 Å². The molecule has 0 saturated carbocycles. The maximum atomic E-state index is 6.30. The van der Waals surface area contributed by atoms with Crippen molar-refractivity contribution >= 4 is 50.1 Å². The van der Waals surface area contributed by atoms with Crippen LogP contribution in [0.5, 0.6) is 5.75 Å². The molecule has 0 aliphatic rings. The fourth-order valence-electron chi connectivity index (χ4n) is 2.14. The van der Waals surface area contributed by atoms with Crippen LogP contribution in [-0.4, -0.2) is 10.5 Å². The molecule has 1 heterocycles. The molecule has 6 heteroatoms. The Morgan fingerprint density at radius 2 is 1.95 bits per heavy atom. The Morgan fingerprint density at radius 3 is 2.73 bits per heavy atom. The standard InChI is InChI=1S/C16H12BrCl2NO2/c17-6-5-14-11-7-13(19)16(8-15(11)22-20-14)21-9-10-3-1-2-4-12(10)18/h1-4,7-8H,5-6,9H2. The first-order valence-electron chi connectivity index (χ1n) is 6.69. The summed E-state index contributed by atoms with van der Waals surface area (Å²) < 4.78 is 11.1.